The molecule has 214 valence electrons. The van der Waals surface area contributed by atoms with Gasteiger partial charge in [-0.15, -0.1) is 0 Å². The molecule has 0 unspecified atom stereocenters. The van der Waals surface area contributed by atoms with E-state index < -0.39 is 12.0 Å². The van der Waals surface area contributed by atoms with Gasteiger partial charge in [-0.25, -0.2) is 9.59 Å². The van der Waals surface area contributed by atoms with E-state index in [1.54, 1.807) is 61.4 Å². The summed E-state index contributed by atoms with van der Waals surface area (Å²) in [5, 5.41) is 3.50. The largest absolute Gasteiger partial charge is 0.497 e. The second-order valence-electron chi connectivity index (χ2n) is 9.67. The minimum Gasteiger partial charge on any atom is -0.497 e. The molecular formula is C29H34Cl2N4O5. The van der Waals surface area contributed by atoms with Crippen LogP contribution in [0.15, 0.2) is 53.7 Å². The van der Waals surface area contributed by atoms with Crippen molar-refractivity contribution in [2.24, 2.45) is 0 Å². The van der Waals surface area contributed by atoms with Gasteiger partial charge in [0.25, 0.3) is 5.91 Å². The van der Waals surface area contributed by atoms with Gasteiger partial charge in [0.05, 0.1) is 35.4 Å². The molecule has 1 saturated heterocycles. The minimum absolute atomic E-state index is 0.0691. The first-order valence-corrected chi connectivity index (χ1v) is 14.0. The molecule has 2 aliphatic rings. The number of likely N-dealkylation sites (N-methyl/N-ethyl adjacent to an activating group) is 1. The first-order chi connectivity index (χ1) is 19.2. The maximum absolute atomic E-state index is 13.4. The van der Waals surface area contributed by atoms with Crippen molar-refractivity contribution in [1.29, 1.82) is 0 Å². The molecular weight excluding hydrogens is 555 g/mol. The van der Waals surface area contributed by atoms with Crippen molar-refractivity contribution in [2.45, 2.75) is 32.9 Å². The highest BCUT2D eigenvalue weighted by Gasteiger charge is 2.40. The van der Waals surface area contributed by atoms with Crippen molar-refractivity contribution in [3.8, 4) is 5.75 Å². The third kappa shape index (κ3) is 6.06. The zero-order valence-corrected chi connectivity index (χ0v) is 24.6. The van der Waals surface area contributed by atoms with Crippen LogP contribution in [0.4, 0.5) is 4.79 Å². The van der Waals surface area contributed by atoms with Crippen molar-refractivity contribution < 1.29 is 23.9 Å². The number of amides is 3. The lowest BCUT2D eigenvalue weighted by molar-refractivity contribution is -0.139. The van der Waals surface area contributed by atoms with Gasteiger partial charge in [0.1, 0.15) is 5.75 Å². The number of urea groups is 1. The third-order valence-electron chi connectivity index (χ3n) is 7.20. The van der Waals surface area contributed by atoms with E-state index in [1.807, 2.05) is 18.7 Å². The Morgan fingerprint density at radius 1 is 1.10 bits per heavy atom. The number of esters is 1. The van der Waals surface area contributed by atoms with Crippen LogP contribution < -0.4 is 10.1 Å². The Morgan fingerprint density at radius 2 is 1.85 bits per heavy atom. The van der Waals surface area contributed by atoms with Crippen LogP contribution in [0.5, 0.6) is 5.75 Å². The highest BCUT2D eigenvalue weighted by Crippen LogP contribution is 2.38. The van der Waals surface area contributed by atoms with Crippen molar-refractivity contribution in [2.75, 3.05) is 46.4 Å². The lowest BCUT2D eigenvalue weighted by Crippen LogP contribution is -2.56. The molecule has 2 atom stereocenters. The SMILES string of the molecule is CCOC(=O)C1=C(CN2CCN(C(=O)c3cccc(OC)c3)[C@@H](C)C2)N(CC)C(=O)N[C@@H]1c1cccc(Cl)c1Cl. The molecule has 2 aromatic carbocycles. The first-order valence-electron chi connectivity index (χ1n) is 13.3. The number of hydrogen-bond acceptors (Lipinski definition) is 6. The number of ether oxygens (including phenoxy) is 2. The molecule has 0 aromatic heterocycles. The molecule has 2 heterocycles. The second kappa shape index (κ2) is 12.9. The number of methoxy groups -OCH3 is 1. The van der Waals surface area contributed by atoms with Gasteiger partial charge in [0, 0.05) is 50.0 Å². The summed E-state index contributed by atoms with van der Waals surface area (Å²) in [5.74, 6) is 0.0254. The van der Waals surface area contributed by atoms with Crippen LogP contribution in [0, 0.1) is 0 Å². The topological polar surface area (TPSA) is 91.4 Å². The van der Waals surface area contributed by atoms with Crippen LogP contribution >= 0.6 is 23.2 Å². The molecule has 0 radical (unpaired) electrons. The standard InChI is InChI=1S/C29H34Cl2N4O5/c1-5-34-23(17-33-13-14-35(18(3)16-33)27(36)19-9-7-10-20(15-19)39-4)24(28(37)40-6-2)26(32-29(34)38)21-11-8-12-22(30)25(21)31/h7-12,15,18,26H,5-6,13-14,16-17H2,1-4H3,(H,32,38)/t18-,26+/m0/s1. The van der Waals surface area contributed by atoms with E-state index in [4.69, 9.17) is 32.7 Å². The molecule has 40 heavy (non-hydrogen) atoms. The van der Waals surface area contributed by atoms with Gasteiger partial charge in [-0.05, 0) is 50.6 Å². The number of carbonyl (C=O) groups is 3. The summed E-state index contributed by atoms with van der Waals surface area (Å²) in [6.07, 6.45) is 0. The molecule has 0 spiro atoms. The summed E-state index contributed by atoms with van der Waals surface area (Å²) in [6, 6.07) is 11.0. The quantitative estimate of drug-likeness (QED) is 0.447. The third-order valence-corrected chi connectivity index (χ3v) is 8.04. The molecule has 2 aliphatic heterocycles. The molecule has 1 fully saturated rings. The Balaban J connectivity index is 1.64. The van der Waals surface area contributed by atoms with Gasteiger partial charge in [-0.3, -0.25) is 14.6 Å². The Bertz CT molecular complexity index is 1320. The van der Waals surface area contributed by atoms with Crippen LogP contribution in [0.25, 0.3) is 0 Å². The van der Waals surface area contributed by atoms with Gasteiger partial charge in [-0.2, -0.15) is 0 Å². The van der Waals surface area contributed by atoms with Crippen LogP contribution in [0.1, 0.15) is 42.7 Å². The predicted molar refractivity (Wildman–Crippen MR) is 154 cm³/mol. The van der Waals surface area contributed by atoms with Gasteiger partial charge in [0.15, 0.2) is 0 Å². The number of carbonyl (C=O) groups excluding carboxylic acids is 3. The maximum Gasteiger partial charge on any atom is 0.338 e. The number of piperazine rings is 1. The lowest BCUT2D eigenvalue weighted by Gasteiger charge is -2.43. The van der Waals surface area contributed by atoms with Crippen molar-refractivity contribution in [1.82, 2.24) is 20.0 Å². The zero-order valence-electron chi connectivity index (χ0n) is 23.1. The molecule has 3 amide bonds. The van der Waals surface area contributed by atoms with Crippen molar-refractivity contribution in [3.05, 3.63) is 74.9 Å². The Labute approximate surface area is 244 Å². The highest BCUT2D eigenvalue weighted by atomic mass is 35.5. The number of hydrogen-bond donors (Lipinski definition) is 1. The van der Waals surface area contributed by atoms with E-state index >= 15 is 0 Å². The average molecular weight is 590 g/mol. The summed E-state index contributed by atoms with van der Waals surface area (Å²) in [5.41, 5.74) is 1.94. The first kappa shape index (κ1) is 29.7. The van der Waals surface area contributed by atoms with E-state index in [1.165, 1.54) is 0 Å². The van der Waals surface area contributed by atoms with E-state index in [2.05, 4.69) is 10.2 Å². The second-order valence-corrected chi connectivity index (χ2v) is 10.5. The summed E-state index contributed by atoms with van der Waals surface area (Å²) in [4.78, 5) is 45.5. The zero-order chi connectivity index (χ0) is 29.0. The van der Waals surface area contributed by atoms with Gasteiger partial charge >= 0.3 is 12.0 Å². The van der Waals surface area contributed by atoms with Crippen molar-refractivity contribution in [3.63, 3.8) is 0 Å². The molecule has 11 heteroatoms. The fraction of sp³-hybridized carbons (Fsp3) is 0.414. The molecule has 4 rings (SSSR count). The Hall–Kier alpha value is -3.27. The maximum atomic E-state index is 13.4. The minimum atomic E-state index is -0.830. The Kier molecular flexibility index (Phi) is 9.60. The molecule has 2 aromatic rings. The molecule has 9 nitrogen and oxygen atoms in total. The van der Waals surface area contributed by atoms with Gasteiger partial charge < -0.3 is 19.7 Å². The lowest BCUT2D eigenvalue weighted by atomic mass is 9.93. The normalized spacial score (nSPS) is 19.9. The summed E-state index contributed by atoms with van der Waals surface area (Å²) in [7, 11) is 1.57. The van der Waals surface area contributed by atoms with Crippen LogP contribution in [-0.2, 0) is 9.53 Å². The van der Waals surface area contributed by atoms with Gasteiger partial charge in [0.2, 0.25) is 0 Å². The van der Waals surface area contributed by atoms with E-state index in [-0.39, 0.29) is 29.6 Å². The molecule has 0 bridgehead atoms. The van der Waals surface area contributed by atoms with E-state index in [9.17, 15) is 14.4 Å². The fourth-order valence-electron chi connectivity index (χ4n) is 5.25. The average Bonchev–Trinajstić information content (AvgIpc) is 2.94. The predicted octanol–water partition coefficient (Wildman–Crippen LogP) is 4.75. The fourth-order valence-corrected chi connectivity index (χ4v) is 5.66. The molecule has 0 saturated carbocycles. The van der Waals surface area contributed by atoms with Crippen LogP contribution in [0.3, 0.4) is 0 Å². The van der Waals surface area contributed by atoms with E-state index in [0.717, 1.165) is 0 Å². The monoisotopic (exact) mass is 588 g/mol. The summed E-state index contributed by atoms with van der Waals surface area (Å²) in [6.45, 7) is 8.01. The molecule has 0 aliphatic carbocycles. The number of halogens is 2. The van der Waals surface area contributed by atoms with Crippen molar-refractivity contribution >= 4 is 41.1 Å². The number of nitrogens with zero attached hydrogens (tertiary/aromatic N) is 3. The number of rotatable bonds is 8. The molecule has 1 N–H and O–H groups in total. The number of nitrogens with one attached hydrogen (secondary N) is 1. The van der Waals surface area contributed by atoms with Crippen LogP contribution in [0.2, 0.25) is 10.0 Å². The van der Waals surface area contributed by atoms with Crippen LogP contribution in [-0.4, -0.2) is 85.1 Å². The van der Waals surface area contributed by atoms with Gasteiger partial charge in [-0.1, -0.05) is 41.4 Å². The summed E-state index contributed by atoms with van der Waals surface area (Å²) < 4.78 is 10.7. The Morgan fingerprint density at radius 3 is 2.52 bits per heavy atom. The van der Waals surface area contributed by atoms with E-state index in [0.29, 0.717) is 65.9 Å². The smallest absolute Gasteiger partial charge is 0.338 e. The highest BCUT2D eigenvalue weighted by molar-refractivity contribution is 6.42. The summed E-state index contributed by atoms with van der Waals surface area (Å²) >= 11 is 12.8. The number of benzene rings is 2.